The van der Waals surface area contributed by atoms with Gasteiger partial charge in [0, 0.05) is 27.3 Å². The van der Waals surface area contributed by atoms with Crippen molar-refractivity contribution in [3.63, 3.8) is 0 Å². The van der Waals surface area contributed by atoms with Crippen molar-refractivity contribution in [2.75, 3.05) is 0 Å². The Balaban J connectivity index is 1.55. The van der Waals surface area contributed by atoms with Crippen molar-refractivity contribution in [1.82, 2.24) is 0 Å². The number of para-hydroxylation sites is 1. The van der Waals surface area contributed by atoms with Crippen molar-refractivity contribution in [2.24, 2.45) is 0 Å². The maximum Gasteiger partial charge on any atom is 0.144 e. The van der Waals surface area contributed by atoms with Crippen LogP contribution in [0, 0.1) is 0 Å². The summed E-state index contributed by atoms with van der Waals surface area (Å²) in [6.07, 6.45) is 0. The molecule has 1 nitrogen and oxygen atoms in total. The minimum atomic E-state index is -0.430. The maximum atomic E-state index is 9.38. The third kappa shape index (κ3) is 3.14. The first kappa shape index (κ1) is 17.0. The lowest BCUT2D eigenvalue weighted by atomic mass is 9.81. The van der Waals surface area contributed by atoms with Gasteiger partial charge in [0.15, 0.2) is 0 Å². The predicted octanol–water partition coefficient (Wildman–Crippen LogP) is 11.5. The molecule has 1 heterocycles. The minimum Gasteiger partial charge on any atom is -0.455 e. The van der Waals surface area contributed by atoms with E-state index in [1.807, 2.05) is 66.7 Å². The van der Waals surface area contributed by atoms with Gasteiger partial charge in [-0.3, -0.25) is 0 Å². The Morgan fingerprint density at radius 3 is 2.07 bits per heavy atom. The fourth-order valence-electron chi connectivity index (χ4n) is 6.95. The zero-order valence-electron chi connectivity index (χ0n) is 31.0. The predicted molar refractivity (Wildman–Crippen MR) is 177 cm³/mol. The lowest BCUT2D eigenvalue weighted by molar-refractivity contribution is 0.660. The van der Waals surface area contributed by atoms with Crippen molar-refractivity contribution in [3.05, 3.63) is 144 Å². The van der Waals surface area contributed by atoms with Gasteiger partial charge in [-0.2, -0.15) is 0 Å². The highest BCUT2D eigenvalue weighted by atomic mass is 16.3. The van der Waals surface area contributed by atoms with Gasteiger partial charge in [0.1, 0.15) is 11.2 Å². The van der Waals surface area contributed by atoms with Gasteiger partial charge < -0.3 is 4.42 Å². The normalized spacial score (nSPS) is 16.3. The minimum absolute atomic E-state index is 0.0347. The fraction of sp³-hybridized carbons (Fsp3) is 0.0732. The second kappa shape index (κ2) is 8.44. The second-order valence-corrected chi connectivity index (χ2v) is 11.5. The summed E-state index contributed by atoms with van der Waals surface area (Å²) >= 11 is 0. The van der Waals surface area contributed by atoms with E-state index >= 15 is 0 Å². The number of hydrogen-bond acceptors (Lipinski definition) is 1. The van der Waals surface area contributed by atoms with Crippen LogP contribution in [0.1, 0.15) is 35.9 Å². The van der Waals surface area contributed by atoms with E-state index in [0.29, 0.717) is 27.6 Å². The van der Waals surface area contributed by atoms with Gasteiger partial charge in [0.25, 0.3) is 0 Å². The number of fused-ring (bicyclic) bond motifs is 8. The third-order valence-electron chi connectivity index (χ3n) is 8.91. The van der Waals surface area contributed by atoms with E-state index in [4.69, 9.17) is 12.6 Å². The van der Waals surface area contributed by atoms with Crippen LogP contribution in [0.2, 0.25) is 0 Å². The van der Waals surface area contributed by atoms with E-state index < -0.39 is 18.1 Å². The molecule has 9 rings (SSSR count). The summed E-state index contributed by atoms with van der Waals surface area (Å²) in [6.45, 7) is 4.36. The maximum absolute atomic E-state index is 9.38. The van der Waals surface area contributed by atoms with Gasteiger partial charge in [-0.15, -0.1) is 0 Å². The van der Waals surface area contributed by atoms with Gasteiger partial charge in [0.05, 0.1) is 11.0 Å². The Kier molecular flexibility index (Phi) is 3.41. The van der Waals surface area contributed by atoms with Gasteiger partial charge in [0.2, 0.25) is 0 Å². The molecule has 0 aliphatic heterocycles. The second-order valence-electron chi connectivity index (χ2n) is 11.5. The van der Waals surface area contributed by atoms with Crippen molar-refractivity contribution >= 4 is 43.5 Å². The number of furan rings is 1. The van der Waals surface area contributed by atoms with Crippen LogP contribution in [0.15, 0.2) is 138 Å². The summed E-state index contributed by atoms with van der Waals surface area (Å²) < 4.78 is 77.9. The lowest BCUT2D eigenvalue weighted by Crippen LogP contribution is -2.14. The van der Waals surface area contributed by atoms with Crippen molar-refractivity contribution in [1.29, 1.82) is 0 Å². The first-order valence-electron chi connectivity index (χ1n) is 18.0. The van der Waals surface area contributed by atoms with Gasteiger partial charge in [-0.1, -0.05) is 129 Å². The van der Waals surface area contributed by atoms with Crippen LogP contribution in [0.25, 0.3) is 76.9 Å². The third-order valence-corrected chi connectivity index (χ3v) is 8.91. The Bertz CT molecular complexity index is 2830. The summed E-state index contributed by atoms with van der Waals surface area (Å²) in [5.41, 5.74) is 6.41. The molecule has 1 aliphatic rings. The van der Waals surface area contributed by atoms with Crippen LogP contribution in [-0.4, -0.2) is 0 Å². The molecule has 0 amide bonds. The largest absolute Gasteiger partial charge is 0.455 e. The molecule has 0 bridgehead atoms. The molecule has 198 valence electrons. The van der Waals surface area contributed by atoms with E-state index in [0.717, 1.165) is 27.5 Å². The van der Waals surface area contributed by atoms with Gasteiger partial charge in [-0.05, 0) is 73.1 Å². The van der Waals surface area contributed by atoms with E-state index in [-0.39, 0.29) is 63.0 Å². The molecular weight excluding hydrogens is 508 g/mol. The first-order chi connectivity index (χ1) is 23.9. The molecule has 0 unspecified atom stereocenters. The topological polar surface area (TPSA) is 13.1 Å². The fourth-order valence-corrected chi connectivity index (χ4v) is 6.95. The van der Waals surface area contributed by atoms with Crippen LogP contribution >= 0.6 is 0 Å². The van der Waals surface area contributed by atoms with Crippen LogP contribution < -0.4 is 0 Å². The van der Waals surface area contributed by atoms with Crippen LogP contribution in [-0.2, 0) is 5.41 Å². The van der Waals surface area contributed by atoms with Crippen LogP contribution in [0.5, 0.6) is 0 Å². The molecule has 1 aliphatic carbocycles. The average molecular weight is 545 g/mol. The highest BCUT2D eigenvalue weighted by Crippen LogP contribution is 2.52. The number of rotatable bonds is 2. The summed E-state index contributed by atoms with van der Waals surface area (Å²) in [7, 11) is 0. The van der Waals surface area contributed by atoms with Gasteiger partial charge >= 0.3 is 0 Å². The Hall–Kier alpha value is -5.14. The SMILES string of the molecule is [2H]c1c([2H])c([2H])c2c(oc3c(-c4ccc5ccccc5c4)c4c([2H])c([2H])c([2H])c([2H])c4c(-c4ccc5c(c4)-c4ccccc4C5(C)C)c32)c1[2H]. The van der Waals surface area contributed by atoms with E-state index in [9.17, 15) is 2.74 Å². The quantitative estimate of drug-likeness (QED) is 0.211. The molecular formula is C41H28O. The average Bonchev–Trinajstić information content (AvgIpc) is 3.63. The summed E-state index contributed by atoms with van der Waals surface area (Å²) in [5.74, 6) is 0. The molecule has 0 atom stereocenters. The lowest BCUT2D eigenvalue weighted by Gasteiger charge is -2.21. The Labute approximate surface area is 255 Å². The van der Waals surface area contributed by atoms with E-state index in [1.165, 1.54) is 5.56 Å². The standard InChI is InChI=1S/C41H28O/c1-41(2)34-17-9-7-13-29(34)33-24-28(21-22-35(33)41)37-30-14-5-6-15-31(30)38(27-20-19-25-11-3-4-12-26(25)23-27)40-39(37)32-16-8-10-18-36(32)42-40/h3-24H,1-2H3/i5D,6D,8D,10D,14D,15D,16D,18D. The number of hydrogen-bond donors (Lipinski definition) is 0. The first-order valence-corrected chi connectivity index (χ1v) is 14.0. The molecule has 7 aromatic carbocycles. The molecule has 1 heteroatoms. The van der Waals surface area contributed by atoms with E-state index in [1.54, 1.807) is 0 Å². The highest BCUT2D eigenvalue weighted by molar-refractivity contribution is 6.27. The molecule has 8 aromatic rings. The van der Waals surface area contributed by atoms with Crippen LogP contribution in [0.4, 0.5) is 0 Å². The summed E-state index contributed by atoms with van der Waals surface area (Å²) in [5, 5.41) is 2.95. The molecule has 0 fully saturated rings. The van der Waals surface area contributed by atoms with Crippen LogP contribution in [0.3, 0.4) is 0 Å². The summed E-state index contributed by atoms with van der Waals surface area (Å²) in [4.78, 5) is 0. The zero-order chi connectivity index (χ0) is 35.0. The Morgan fingerprint density at radius 2 is 1.21 bits per heavy atom. The smallest absolute Gasteiger partial charge is 0.144 e. The zero-order valence-corrected chi connectivity index (χ0v) is 23.0. The molecule has 1 aromatic heterocycles. The highest BCUT2D eigenvalue weighted by Gasteiger charge is 2.35. The molecule has 0 saturated heterocycles. The number of benzene rings is 7. The monoisotopic (exact) mass is 544 g/mol. The van der Waals surface area contributed by atoms with Crippen molar-refractivity contribution < 1.29 is 15.4 Å². The molecule has 0 saturated carbocycles. The van der Waals surface area contributed by atoms with Crippen molar-refractivity contribution in [3.8, 4) is 33.4 Å². The molecule has 42 heavy (non-hydrogen) atoms. The summed E-state index contributed by atoms with van der Waals surface area (Å²) in [6, 6.07) is 25.2. The Morgan fingerprint density at radius 1 is 0.571 bits per heavy atom. The van der Waals surface area contributed by atoms with E-state index in [2.05, 4.69) is 32.0 Å². The molecule has 0 spiro atoms. The van der Waals surface area contributed by atoms with Crippen molar-refractivity contribution in [2.45, 2.75) is 19.3 Å². The molecule has 0 N–H and O–H groups in total. The molecule has 0 radical (unpaired) electrons. The van der Waals surface area contributed by atoms with Gasteiger partial charge in [-0.25, -0.2) is 0 Å².